The minimum atomic E-state index is -0.925. The molecule has 0 aromatic heterocycles. The molecule has 22 heavy (non-hydrogen) atoms. The Kier molecular flexibility index (Phi) is 5.23. The molecule has 1 fully saturated rings. The van der Waals surface area contributed by atoms with Crippen molar-refractivity contribution in [1.29, 1.82) is 0 Å². The number of nitrogens with two attached hydrogens (primary N) is 1. The summed E-state index contributed by atoms with van der Waals surface area (Å²) in [5, 5.41) is 9.75. The summed E-state index contributed by atoms with van der Waals surface area (Å²) < 4.78 is 18.6. The van der Waals surface area contributed by atoms with Crippen molar-refractivity contribution >= 4 is 6.03 Å². The van der Waals surface area contributed by atoms with Gasteiger partial charge < -0.3 is 10.5 Å². The van der Waals surface area contributed by atoms with Crippen molar-refractivity contribution < 1.29 is 19.1 Å². The van der Waals surface area contributed by atoms with Crippen LogP contribution in [-0.4, -0.2) is 28.4 Å². The lowest BCUT2D eigenvalue weighted by Gasteiger charge is -2.15. The molecule has 0 heterocycles. The number of halogens is 1. The van der Waals surface area contributed by atoms with Gasteiger partial charge in [0.2, 0.25) is 0 Å². The van der Waals surface area contributed by atoms with E-state index in [1.165, 1.54) is 12.1 Å². The monoisotopic (exact) mass is 306 g/mol. The van der Waals surface area contributed by atoms with Gasteiger partial charge in [0.05, 0.1) is 6.10 Å². The fourth-order valence-corrected chi connectivity index (χ4v) is 2.37. The van der Waals surface area contributed by atoms with E-state index in [9.17, 15) is 14.4 Å². The fourth-order valence-electron chi connectivity index (χ4n) is 2.37. The van der Waals surface area contributed by atoms with Crippen molar-refractivity contribution in [3.05, 3.63) is 30.1 Å². The summed E-state index contributed by atoms with van der Waals surface area (Å²) in [5.41, 5.74) is 4.96. The van der Waals surface area contributed by atoms with Crippen LogP contribution in [0.4, 0.5) is 9.18 Å². The van der Waals surface area contributed by atoms with E-state index in [-0.39, 0.29) is 17.8 Å². The Bertz CT molecular complexity index is 579. The topological polar surface area (TPSA) is 75.8 Å². The number of hydrogen-bond acceptors (Lipinski definition) is 3. The van der Waals surface area contributed by atoms with E-state index in [1.54, 1.807) is 19.1 Å². The molecule has 118 valence electrons. The predicted molar refractivity (Wildman–Crippen MR) is 78.6 cm³/mol. The average molecular weight is 306 g/mol. The summed E-state index contributed by atoms with van der Waals surface area (Å²) in [5.74, 6) is 6.36. The first kappa shape index (κ1) is 16.1. The molecule has 0 spiro atoms. The number of hydrogen-bond donors (Lipinski definition) is 2. The van der Waals surface area contributed by atoms with Crippen molar-refractivity contribution in [1.82, 2.24) is 5.06 Å². The van der Waals surface area contributed by atoms with E-state index >= 15 is 0 Å². The molecule has 1 aliphatic carbocycles. The Morgan fingerprint density at radius 2 is 2.14 bits per heavy atom. The van der Waals surface area contributed by atoms with Gasteiger partial charge in [-0.2, -0.15) is 5.06 Å². The van der Waals surface area contributed by atoms with E-state index in [0.29, 0.717) is 10.8 Å². The maximum Gasteiger partial charge on any atom is 0.339 e. The third kappa shape index (κ3) is 4.37. The average Bonchev–Trinajstić information content (AvgIpc) is 2.94. The first-order chi connectivity index (χ1) is 10.5. The van der Waals surface area contributed by atoms with Crippen LogP contribution in [0.25, 0.3) is 0 Å². The van der Waals surface area contributed by atoms with Gasteiger partial charge >= 0.3 is 6.03 Å². The number of rotatable bonds is 3. The molecule has 6 heteroatoms. The summed E-state index contributed by atoms with van der Waals surface area (Å²) in [7, 11) is 0. The standard InChI is InChI=1S/C16H19FN2O3/c1-11(19(21)16(18)20)2-3-12-4-7-15(10-12)22-14-8-5-13(17)6-9-14/h5-6,8-9,11-12,15,21H,4,7,10H2,1H3,(H2,18,20)/t11?,12-,15-/m1/s1. The molecule has 1 saturated carbocycles. The number of ether oxygens (including phenoxy) is 1. The number of primary amides is 1. The molecule has 1 aromatic carbocycles. The maximum absolute atomic E-state index is 12.8. The smallest absolute Gasteiger partial charge is 0.339 e. The summed E-state index contributed by atoms with van der Waals surface area (Å²) >= 11 is 0. The van der Waals surface area contributed by atoms with Crippen molar-refractivity contribution in [3.8, 4) is 17.6 Å². The lowest BCUT2D eigenvalue weighted by molar-refractivity contribution is -0.0537. The highest BCUT2D eigenvalue weighted by molar-refractivity contribution is 5.71. The zero-order chi connectivity index (χ0) is 16.1. The molecular formula is C16H19FN2O3. The minimum Gasteiger partial charge on any atom is -0.490 e. The van der Waals surface area contributed by atoms with Crippen molar-refractivity contribution in [2.45, 2.75) is 38.3 Å². The minimum absolute atomic E-state index is 0.0430. The Morgan fingerprint density at radius 3 is 2.77 bits per heavy atom. The van der Waals surface area contributed by atoms with Gasteiger partial charge in [-0.1, -0.05) is 11.8 Å². The molecule has 0 aliphatic heterocycles. The van der Waals surface area contributed by atoms with Crippen LogP contribution in [0, 0.1) is 23.6 Å². The van der Waals surface area contributed by atoms with Gasteiger partial charge in [-0.05, 0) is 50.5 Å². The molecule has 3 atom stereocenters. The van der Waals surface area contributed by atoms with Gasteiger partial charge in [-0.25, -0.2) is 9.18 Å². The first-order valence-corrected chi connectivity index (χ1v) is 7.16. The third-order valence-electron chi connectivity index (χ3n) is 3.59. The highest BCUT2D eigenvalue weighted by Gasteiger charge is 2.25. The lowest BCUT2D eigenvalue weighted by Crippen LogP contribution is -2.38. The zero-order valence-electron chi connectivity index (χ0n) is 12.3. The quantitative estimate of drug-likeness (QED) is 0.512. The number of urea groups is 1. The van der Waals surface area contributed by atoms with Crippen molar-refractivity contribution in [2.24, 2.45) is 11.7 Å². The molecular weight excluding hydrogens is 287 g/mol. The van der Waals surface area contributed by atoms with Crippen LogP contribution in [-0.2, 0) is 0 Å². The second kappa shape index (κ2) is 7.14. The summed E-state index contributed by atoms with van der Waals surface area (Å²) in [6.07, 6.45) is 2.55. The molecule has 2 rings (SSSR count). The molecule has 0 radical (unpaired) electrons. The largest absolute Gasteiger partial charge is 0.490 e. The second-order valence-corrected chi connectivity index (χ2v) is 5.35. The van der Waals surface area contributed by atoms with E-state index in [1.807, 2.05) is 0 Å². The van der Waals surface area contributed by atoms with E-state index < -0.39 is 12.1 Å². The Balaban J connectivity index is 1.85. The molecule has 5 nitrogen and oxygen atoms in total. The van der Waals surface area contributed by atoms with Gasteiger partial charge in [-0.15, -0.1) is 0 Å². The molecule has 1 unspecified atom stereocenters. The number of benzene rings is 1. The van der Waals surface area contributed by atoms with Crippen LogP contribution in [0.5, 0.6) is 5.75 Å². The number of carbonyl (C=O) groups is 1. The normalized spacial score (nSPS) is 21.6. The van der Waals surface area contributed by atoms with Crippen molar-refractivity contribution in [3.63, 3.8) is 0 Å². The Labute approximate surface area is 128 Å². The second-order valence-electron chi connectivity index (χ2n) is 5.35. The highest BCUT2D eigenvalue weighted by Crippen LogP contribution is 2.28. The van der Waals surface area contributed by atoms with Crippen LogP contribution in [0.3, 0.4) is 0 Å². The molecule has 1 aliphatic rings. The Hall–Kier alpha value is -2.26. The first-order valence-electron chi connectivity index (χ1n) is 7.16. The molecule has 0 bridgehead atoms. The SMILES string of the molecule is CC(C#C[C@@H]1CC[C@@H](Oc2ccc(F)cc2)C1)N(O)C(N)=O. The molecule has 0 saturated heterocycles. The number of amides is 2. The van der Waals surface area contributed by atoms with Gasteiger partial charge in [0.15, 0.2) is 0 Å². The maximum atomic E-state index is 12.8. The molecule has 2 amide bonds. The third-order valence-corrected chi connectivity index (χ3v) is 3.59. The van der Waals surface area contributed by atoms with Crippen LogP contribution in [0.15, 0.2) is 24.3 Å². The predicted octanol–water partition coefficient (Wildman–Crippen LogP) is 2.54. The Morgan fingerprint density at radius 1 is 1.45 bits per heavy atom. The number of carbonyl (C=O) groups excluding carboxylic acids is 1. The lowest BCUT2D eigenvalue weighted by atomic mass is 10.1. The van der Waals surface area contributed by atoms with Gasteiger partial charge in [-0.3, -0.25) is 5.21 Å². The highest BCUT2D eigenvalue weighted by atomic mass is 19.1. The summed E-state index contributed by atoms with van der Waals surface area (Å²) in [4.78, 5) is 10.8. The van der Waals surface area contributed by atoms with E-state index in [4.69, 9.17) is 10.5 Å². The number of hydroxylamine groups is 2. The van der Waals surface area contributed by atoms with Gasteiger partial charge in [0.25, 0.3) is 0 Å². The molecule has 3 N–H and O–H groups in total. The van der Waals surface area contributed by atoms with Gasteiger partial charge in [0.1, 0.15) is 17.6 Å². The van der Waals surface area contributed by atoms with E-state index in [2.05, 4.69) is 11.8 Å². The summed E-state index contributed by atoms with van der Waals surface area (Å²) in [6, 6.07) is 4.37. The molecule has 1 aromatic rings. The zero-order valence-corrected chi connectivity index (χ0v) is 12.3. The van der Waals surface area contributed by atoms with Crippen LogP contribution in [0.1, 0.15) is 26.2 Å². The fraction of sp³-hybridized carbons (Fsp3) is 0.438. The van der Waals surface area contributed by atoms with Crippen LogP contribution >= 0.6 is 0 Å². The van der Waals surface area contributed by atoms with E-state index in [0.717, 1.165) is 19.3 Å². The van der Waals surface area contributed by atoms with Crippen LogP contribution < -0.4 is 10.5 Å². The van der Waals surface area contributed by atoms with Gasteiger partial charge in [0, 0.05) is 5.92 Å². The van der Waals surface area contributed by atoms with Crippen LogP contribution in [0.2, 0.25) is 0 Å². The number of nitrogens with zero attached hydrogens (tertiary/aromatic N) is 1. The summed E-state index contributed by atoms with van der Waals surface area (Å²) in [6.45, 7) is 1.60. The van der Waals surface area contributed by atoms with Crippen molar-refractivity contribution in [2.75, 3.05) is 0 Å².